The molecule has 0 heterocycles. The van der Waals surface area contributed by atoms with Crippen LogP contribution in [0.4, 0.5) is 10.5 Å². The molecule has 0 aliphatic carbocycles. The summed E-state index contributed by atoms with van der Waals surface area (Å²) in [5.41, 5.74) is 0.366. The predicted octanol–water partition coefficient (Wildman–Crippen LogP) is 2.95. The minimum Gasteiger partial charge on any atom is -0.493 e. The highest BCUT2D eigenvalue weighted by Crippen LogP contribution is 2.40. The third-order valence-corrected chi connectivity index (χ3v) is 2.56. The Morgan fingerprint density at radius 3 is 2.75 bits per heavy atom. The quantitative estimate of drug-likeness (QED) is 0.894. The molecule has 0 unspecified atom stereocenters. The SMILES string of the molecule is CCOc1ccc(NC(=O)O)c(OC)c1Br. The zero-order valence-corrected chi connectivity index (χ0v) is 10.5. The number of methoxy groups -OCH3 is 1. The fourth-order valence-corrected chi connectivity index (χ4v) is 1.84. The van der Waals surface area contributed by atoms with Gasteiger partial charge in [0.25, 0.3) is 0 Å². The first-order chi connectivity index (χ1) is 7.60. The van der Waals surface area contributed by atoms with Crippen LogP contribution in [0.5, 0.6) is 11.5 Å². The van der Waals surface area contributed by atoms with Crippen LogP contribution in [0.25, 0.3) is 0 Å². The van der Waals surface area contributed by atoms with Crippen LogP contribution in [0, 0.1) is 0 Å². The van der Waals surface area contributed by atoms with E-state index >= 15 is 0 Å². The Hall–Kier alpha value is -1.43. The number of amides is 1. The van der Waals surface area contributed by atoms with Crippen LogP contribution in [0.15, 0.2) is 16.6 Å². The Kier molecular flexibility index (Phi) is 4.42. The van der Waals surface area contributed by atoms with Crippen molar-refractivity contribution >= 4 is 27.7 Å². The molecule has 88 valence electrons. The van der Waals surface area contributed by atoms with E-state index in [0.717, 1.165) is 0 Å². The molecule has 0 fully saturated rings. The molecule has 6 heteroatoms. The number of hydrogen-bond acceptors (Lipinski definition) is 3. The van der Waals surface area contributed by atoms with Gasteiger partial charge in [-0.15, -0.1) is 0 Å². The molecule has 0 saturated carbocycles. The Morgan fingerprint density at radius 1 is 1.56 bits per heavy atom. The molecule has 1 amide bonds. The van der Waals surface area contributed by atoms with Crippen molar-refractivity contribution in [3.8, 4) is 11.5 Å². The zero-order chi connectivity index (χ0) is 12.1. The Balaban J connectivity index is 3.12. The molecule has 16 heavy (non-hydrogen) atoms. The average Bonchev–Trinajstić information content (AvgIpc) is 2.22. The maximum absolute atomic E-state index is 10.5. The second-order valence-electron chi connectivity index (χ2n) is 2.82. The number of rotatable bonds is 4. The highest BCUT2D eigenvalue weighted by Gasteiger charge is 2.14. The minimum atomic E-state index is -1.14. The van der Waals surface area contributed by atoms with Crippen molar-refractivity contribution in [2.45, 2.75) is 6.92 Å². The number of carboxylic acid groups (broad SMARTS) is 1. The third kappa shape index (κ3) is 2.79. The van der Waals surface area contributed by atoms with Crippen LogP contribution in [-0.4, -0.2) is 24.9 Å². The second kappa shape index (κ2) is 5.60. The van der Waals surface area contributed by atoms with Crippen molar-refractivity contribution in [3.05, 3.63) is 16.6 Å². The van der Waals surface area contributed by atoms with Crippen molar-refractivity contribution in [3.63, 3.8) is 0 Å². The smallest absolute Gasteiger partial charge is 0.409 e. The molecule has 2 N–H and O–H groups in total. The van der Waals surface area contributed by atoms with Crippen LogP contribution in [0.3, 0.4) is 0 Å². The molecule has 1 aromatic carbocycles. The molecule has 0 spiro atoms. The number of benzene rings is 1. The summed E-state index contributed by atoms with van der Waals surface area (Å²) in [4.78, 5) is 10.5. The summed E-state index contributed by atoms with van der Waals surface area (Å²) in [6.45, 7) is 2.38. The van der Waals surface area contributed by atoms with E-state index in [-0.39, 0.29) is 0 Å². The number of nitrogens with one attached hydrogen (secondary N) is 1. The van der Waals surface area contributed by atoms with Gasteiger partial charge in [0.1, 0.15) is 10.2 Å². The van der Waals surface area contributed by atoms with Gasteiger partial charge < -0.3 is 14.6 Å². The first kappa shape index (κ1) is 12.6. The molecule has 1 rings (SSSR count). The van der Waals surface area contributed by atoms with Gasteiger partial charge in [0.2, 0.25) is 0 Å². The van der Waals surface area contributed by atoms with Gasteiger partial charge >= 0.3 is 6.09 Å². The van der Waals surface area contributed by atoms with Gasteiger partial charge in [-0.2, -0.15) is 0 Å². The summed E-state index contributed by atoms with van der Waals surface area (Å²) in [7, 11) is 1.46. The first-order valence-corrected chi connectivity index (χ1v) is 5.38. The Morgan fingerprint density at radius 2 is 2.25 bits per heavy atom. The fourth-order valence-electron chi connectivity index (χ4n) is 1.22. The molecular weight excluding hydrogens is 278 g/mol. The molecule has 0 saturated heterocycles. The lowest BCUT2D eigenvalue weighted by molar-refractivity contribution is 0.209. The van der Waals surface area contributed by atoms with Gasteiger partial charge in [-0.1, -0.05) is 0 Å². The summed E-state index contributed by atoms with van der Waals surface area (Å²) in [6.07, 6.45) is -1.14. The third-order valence-electron chi connectivity index (χ3n) is 1.81. The van der Waals surface area contributed by atoms with E-state index in [4.69, 9.17) is 14.6 Å². The second-order valence-corrected chi connectivity index (χ2v) is 3.61. The normalized spacial score (nSPS) is 9.69. The highest BCUT2D eigenvalue weighted by molar-refractivity contribution is 9.10. The first-order valence-electron chi connectivity index (χ1n) is 4.59. The Labute approximate surface area is 101 Å². The maximum Gasteiger partial charge on any atom is 0.409 e. The van der Waals surface area contributed by atoms with Crippen molar-refractivity contribution in [1.29, 1.82) is 0 Å². The van der Waals surface area contributed by atoms with Gasteiger partial charge in [-0.25, -0.2) is 4.79 Å². The number of hydrogen-bond donors (Lipinski definition) is 2. The summed E-state index contributed by atoms with van der Waals surface area (Å²) in [5.74, 6) is 1.00. The molecule has 0 aliphatic rings. The summed E-state index contributed by atoms with van der Waals surface area (Å²) < 4.78 is 11.0. The van der Waals surface area contributed by atoms with Gasteiger partial charge in [0.15, 0.2) is 5.75 Å². The van der Waals surface area contributed by atoms with E-state index in [1.54, 1.807) is 12.1 Å². The molecule has 1 aromatic rings. The van der Waals surface area contributed by atoms with Crippen molar-refractivity contribution in [2.75, 3.05) is 19.0 Å². The molecule has 0 radical (unpaired) electrons. The largest absolute Gasteiger partial charge is 0.493 e. The van der Waals surface area contributed by atoms with Crippen LogP contribution >= 0.6 is 15.9 Å². The van der Waals surface area contributed by atoms with Gasteiger partial charge in [-0.3, -0.25) is 5.32 Å². The van der Waals surface area contributed by atoms with Crippen molar-refractivity contribution in [1.82, 2.24) is 0 Å². The van der Waals surface area contributed by atoms with Crippen LogP contribution < -0.4 is 14.8 Å². The molecule has 0 aromatic heterocycles. The maximum atomic E-state index is 10.5. The molecule has 0 aliphatic heterocycles. The van der Waals surface area contributed by atoms with E-state index in [9.17, 15) is 4.79 Å². The van der Waals surface area contributed by atoms with Crippen LogP contribution in [-0.2, 0) is 0 Å². The van der Waals surface area contributed by atoms with Crippen LogP contribution in [0.2, 0.25) is 0 Å². The van der Waals surface area contributed by atoms with Crippen molar-refractivity contribution in [2.24, 2.45) is 0 Å². The van der Waals surface area contributed by atoms with E-state index in [1.165, 1.54) is 7.11 Å². The number of halogens is 1. The molecular formula is C10H12BrNO4. The zero-order valence-electron chi connectivity index (χ0n) is 8.91. The predicted molar refractivity (Wildman–Crippen MR) is 63.5 cm³/mol. The lowest BCUT2D eigenvalue weighted by atomic mass is 10.2. The summed E-state index contributed by atoms with van der Waals surface area (Å²) in [6, 6.07) is 3.25. The fraction of sp³-hybridized carbons (Fsp3) is 0.300. The Bertz CT molecular complexity index is 395. The summed E-state index contributed by atoms with van der Waals surface area (Å²) >= 11 is 3.30. The topological polar surface area (TPSA) is 67.8 Å². The van der Waals surface area contributed by atoms with Gasteiger partial charge in [0, 0.05) is 0 Å². The van der Waals surface area contributed by atoms with E-state index in [0.29, 0.717) is 28.3 Å². The van der Waals surface area contributed by atoms with Crippen LogP contribution in [0.1, 0.15) is 6.92 Å². The lowest BCUT2D eigenvalue weighted by Gasteiger charge is -2.13. The van der Waals surface area contributed by atoms with Crippen molar-refractivity contribution < 1.29 is 19.4 Å². The minimum absolute atomic E-state index is 0.366. The highest BCUT2D eigenvalue weighted by atomic mass is 79.9. The van der Waals surface area contributed by atoms with E-state index < -0.39 is 6.09 Å². The number of ether oxygens (including phenoxy) is 2. The van der Waals surface area contributed by atoms with Gasteiger partial charge in [-0.05, 0) is 35.0 Å². The number of carbonyl (C=O) groups is 1. The van der Waals surface area contributed by atoms with Gasteiger partial charge in [0.05, 0.1) is 19.4 Å². The summed E-state index contributed by atoms with van der Waals surface area (Å²) in [5, 5.41) is 10.9. The molecule has 0 atom stereocenters. The van der Waals surface area contributed by atoms with E-state index in [2.05, 4.69) is 21.2 Å². The van der Waals surface area contributed by atoms with E-state index in [1.807, 2.05) is 6.92 Å². The number of anilines is 1. The molecule has 0 bridgehead atoms. The lowest BCUT2D eigenvalue weighted by Crippen LogP contribution is -2.09. The average molecular weight is 290 g/mol. The monoisotopic (exact) mass is 289 g/mol. The standard InChI is InChI=1S/C10H12BrNO4/c1-3-16-7-5-4-6(12-10(13)14)9(15-2)8(7)11/h4-5,12H,3H2,1-2H3,(H,13,14). The molecule has 5 nitrogen and oxygen atoms in total.